The van der Waals surface area contributed by atoms with E-state index < -0.39 is 0 Å². The van der Waals surface area contributed by atoms with Crippen LogP contribution in [0.2, 0.25) is 0 Å². The second-order valence-corrected chi connectivity index (χ2v) is 7.58. The minimum absolute atomic E-state index is 0.0653. The third-order valence-electron chi connectivity index (χ3n) is 4.42. The molecule has 1 heterocycles. The number of nitrogens with zero attached hydrogens (tertiary/aromatic N) is 3. The number of nitrogens with two attached hydrogens (primary N) is 1. The third-order valence-corrected chi connectivity index (χ3v) is 5.38. The highest BCUT2D eigenvalue weighted by atomic mass is 32.2. The summed E-state index contributed by atoms with van der Waals surface area (Å²) in [5.74, 6) is 1.35. The molecule has 26 heavy (non-hydrogen) atoms. The van der Waals surface area contributed by atoms with E-state index in [9.17, 15) is 9.59 Å². The van der Waals surface area contributed by atoms with Crippen molar-refractivity contribution in [1.29, 1.82) is 0 Å². The van der Waals surface area contributed by atoms with Crippen molar-refractivity contribution in [2.75, 3.05) is 5.75 Å². The van der Waals surface area contributed by atoms with Crippen LogP contribution in [0.5, 0.6) is 0 Å². The summed E-state index contributed by atoms with van der Waals surface area (Å²) in [6.07, 6.45) is 4.56. The molecule has 0 aliphatic heterocycles. The highest BCUT2D eigenvalue weighted by molar-refractivity contribution is 7.99. The van der Waals surface area contributed by atoms with Crippen molar-refractivity contribution in [3.05, 3.63) is 41.2 Å². The number of amides is 1. The molecule has 0 unspecified atom stereocenters. The van der Waals surface area contributed by atoms with E-state index in [1.807, 2.05) is 28.8 Å². The maximum Gasteiger partial charge on any atom is 0.219 e. The van der Waals surface area contributed by atoms with Crippen LogP contribution in [0.1, 0.15) is 60.3 Å². The van der Waals surface area contributed by atoms with Gasteiger partial charge in [0.15, 0.2) is 10.9 Å². The summed E-state index contributed by atoms with van der Waals surface area (Å²) in [5, 5.41) is 9.18. The molecule has 1 fully saturated rings. The number of Topliss-reactive ketones (excluding diaryl/α,β-unsaturated/α-hetero) is 1. The average Bonchev–Trinajstić information content (AvgIpc) is 3.39. The van der Waals surface area contributed by atoms with Crippen LogP contribution in [0.15, 0.2) is 29.4 Å². The summed E-state index contributed by atoms with van der Waals surface area (Å²) in [5.41, 5.74) is 7.24. The van der Waals surface area contributed by atoms with E-state index in [0.717, 1.165) is 31.5 Å². The SMILES string of the molecule is CCCc1ccc(C(=O)CSc2nnc(C3CC3)n2CCC(N)=O)cc1. The van der Waals surface area contributed by atoms with Gasteiger partial charge in [-0.1, -0.05) is 49.4 Å². The molecule has 1 amide bonds. The van der Waals surface area contributed by atoms with Crippen LogP contribution >= 0.6 is 11.8 Å². The molecular formula is C19H24N4O2S. The zero-order chi connectivity index (χ0) is 18.5. The lowest BCUT2D eigenvalue weighted by Crippen LogP contribution is -2.16. The fraction of sp³-hybridized carbons (Fsp3) is 0.474. The van der Waals surface area contributed by atoms with Crippen molar-refractivity contribution in [3.8, 4) is 0 Å². The molecule has 0 atom stereocenters. The molecular weight excluding hydrogens is 348 g/mol. The lowest BCUT2D eigenvalue weighted by molar-refractivity contribution is -0.118. The van der Waals surface area contributed by atoms with Crippen molar-refractivity contribution in [2.24, 2.45) is 5.73 Å². The highest BCUT2D eigenvalue weighted by Gasteiger charge is 2.30. The summed E-state index contributed by atoms with van der Waals surface area (Å²) in [6.45, 7) is 2.61. The largest absolute Gasteiger partial charge is 0.370 e. The Hall–Kier alpha value is -2.15. The Bertz CT molecular complexity index is 781. The molecule has 1 aromatic carbocycles. The fourth-order valence-electron chi connectivity index (χ4n) is 2.84. The number of ketones is 1. The molecule has 2 aromatic rings. The van der Waals surface area contributed by atoms with Gasteiger partial charge in [-0.05, 0) is 24.8 Å². The topological polar surface area (TPSA) is 90.9 Å². The maximum atomic E-state index is 12.5. The zero-order valence-corrected chi connectivity index (χ0v) is 15.8. The second kappa shape index (κ2) is 8.49. The van der Waals surface area contributed by atoms with Crippen LogP contribution in [0.4, 0.5) is 0 Å². The van der Waals surface area contributed by atoms with E-state index in [0.29, 0.717) is 28.9 Å². The van der Waals surface area contributed by atoms with E-state index in [4.69, 9.17) is 5.73 Å². The van der Waals surface area contributed by atoms with Gasteiger partial charge in [-0.2, -0.15) is 0 Å². The van der Waals surface area contributed by atoms with E-state index in [2.05, 4.69) is 17.1 Å². The first-order chi connectivity index (χ1) is 12.6. The highest BCUT2D eigenvalue weighted by Crippen LogP contribution is 2.40. The van der Waals surface area contributed by atoms with Crippen LogP contribution in [0.3, 0.4) is 0 Å². The van der Waals surface area contributed by atoms with Gasteiger partial charge < -0.3 is 10.3 Å². The molecule has 0 radical (unpaired) electrons. The molecule has 138 valence electrons. The number of thioether (sulfide) groups is 1. The van der Waals surface area contributed by atoms with Crippen molar-refractivity contribution in [3.63, 3.8) is 0 Å². The van der Waals surface area contributed by atoms with Crippen molar-refractivity contribution >= 4 is 23.5 Å². The third kappa shape index (κ3) is 4.72. The predicted molar refractivity (Wildman–Crippen MR) is 101 cm³/mol. The minimum Gasteiger partial charge on any atom is -0.370 e. The normalized spacial score (nSPS) is 13.7. The van der Waals surface area contributed by atoms with Gasteiger partial charge >= 0.3 is 0 Å². The summed E-state index contributed by atoms with van der Waals surface area (Å²) >= 11 is 1.37. The Morgan fingerprint density at radius 1 is 1.23 bits per heavy atom. The smallest absolute Gasteiger partial charge is 0.219 e. The molecule has 3 rings (SSSR count). The van der Waals surface area contributed by atoms with Gasteiger partial charge in [0, 0.05) is 24.4 Å². The van der Waals surface area contributed by atoms with Gasteiger partial charge in [0.25, 0.3) is 0 Å². The monoisotopic (exact) mass is 372 g/mol. The molecule has 1 aromatic heterocycles. The minimum atomic E-state index is -0.348. The summed E-state index contributed by atoms with van der Waals surface area (Å²) in [7, 11) is 0. The summed E-state index contributed by atoms with van der Waals surface area (Å²) in [4.78, 5) is 23.6. The number of aromatic nitrogens is 3. The van der Waals surface area contributed by atoms with E-state index in [1.54, 1.807) is 0 Å². The number of primary amides is 1. The Labute approximate surface area is 157 Å². The number of carbonyl (C=O) groups is 2. The average molecular weight is 372 g/mol. The molecule has 6 nitrogen and oxygen atoms in total. The van der Waals surface area contributed by atoms with Gasteiger partial charge in [-0.15, -0.1) is 10.2 Å². The van der Waals surface area contributed by atoms with Crippen LogP contribution in [0.25, 0.3) is 0 Å². The Morgan fingerprint density at radius 3 is 2.58 bits per heavy atom. The Balaban J connectivity index is 1.64. The first kappa shape index (κ1) is 18.6. The summed E-state index contributed by atoms with van der Waals surface area (Å²) < 4.78 is 1.95. The Kier molecular flexibility index (Phi) is 6.08. The predicted octanol–water partition coefficient (Wildman–Crippen LogP) is 2.96. The number of aryl methyl sites for hydroxylation is 1. The maximum absolute atomic E-state index is 12.5. The molecule has 0 spiro atoms. The van der Waals surface area contributed by atoms with Crippen LogP contribution < -0.4 is 5.73 Å². The van der Waals surface area contributed by atoms with Gasteiger partial charge in [-0.3, -0.25) is 9.59 Å². The first-order valence-corrected chi connectivity index (χ1v) is 10.0. The van der Waals surface area contributed by atoms with E-state index >= 15 is 0 Å². The molecule has 7 heteroatoms. The van der Waals surface area contributed by atoms with Crippen molar-refractivity contribution < 1.29 is 9.59 Å². The lowest BCUT2D eigenvalue weighted by atomic mass is 10.1. The zero-order valence-electron chi connectivity index (χ0n) is 15.0. The van der Waals surface area contributed by atoms with Gasteiger partial charge in [0.1, 0.15) is 5.82 Å². The number of benzene rings is 1. The number of hydrogen-bond donors (Lipinski definition) is 1. The van der Waals surface area contributed by atoms with Crippen LogP contribution in [0, 0.1) is 0 Å². The fourth-order valence-corrected chi connectivity index (χ4v) is 3.71. The number of hydrogen-bond acceptors (Lipinski definition) is 5. The molecule has 0 bridgehead atoms. The molecule has 1 saturated carbocycles. The Morgan fingerprint density at radius 2 is 1.96 bits per heavy atom. The van der Waals surface area contributed by atoms with Crippen LogP contribution in [-0.2, 0) is 17.8 Å². The van der Waals surface area contributed by atoms with Crippen molar-refractivity contribution in [2.45, 2.75) is 56.6 Å². The lowest BCUT2D eigenvalue weighted by Gasteiger charge is -2.08. The molecule has 0 saturated heterocycles. The first-order valence-electron chi connectivity index (χ1n) is 9.04. The standard InChI is InChI=1S/C19H24N4O2S/c1-2-3-13-4-6-14(7-5-13)16(24)12-26-19-22-21-18(15-8-9-15)23(19)11-10-17(20)25/h4-7,15H,2-3,8-12H2,1H3,(H2,20,25). The summed E-state index contributed by atoms with van der Waals surface area (Å²) in [6, 6.07) is 7.81. The number of carbonyl (C=O) groups excluding carboxylic acids is 2. The quantitative estimate of drug-likeness (QED) is 0.511. The van der Waals surface area contributed by atoms with Gasteiger partial charge in [0.05, 0.1) is 5.75 Å². The van der Waals surface area contributed by atoms with Gasteiger partial charge in [-0.25, -0.2) is 0 Å². The molecule has 2 N–H and O–H groups in total. The number of rotatable bonds is 10. The molecule has 1 aliphatic rings. The van der Waals surface area contributed by atoms with Crippen molar-refractivity contribution in [1.82, 2.24) is 14.8 Å². The van der Waals surface area contributed by atoms with Gasteiger partial charge in [0.2, 0.25) is 5.91 Å². The van der Waals surface area contributed by atoms with Crippen LogP contribution in [-0.4, -0.2) is 32.2 Å². The van der Waals surface area contributed by atoms with E-state index in [1.165, 1.54) is 17.3 Å². The second-order valence-electron chi connectivity index (χ2n) is 6.64. The molecule has 1 aliphatic carbocycles. The van der Waals surface area contributed by atoms with E-state index in [-0.39, 0.29) is 18.1 Å².